The number of nitrogens with one attached hydrogen (secondary N) is 2. The molecular formula is C11H23ClN4O2. The summed E-state index contributed by atoms with van der Waals surface area (Å²) in [5.41, 5.74) is 0. The van der Waals surface area contributed by atoms with Crippen LogP contribution >= 0.6 is 12.4 Å². The molecule has 1 saturated heterocycles. The van der Waals surface area contributed by atoms with E-state index in [1.165, 1.54) is 0 Å². The molecule has 1 rings (SSSR count). The number of piperazine rings is 1. The predicted octanol–water partition coefficient (Wildman–Crippen LogP) is -1.09. The molecule has 1 fully saturated rings. The highest BCUT2D eigenvalue weighted by atomic mass is 35.5. The SMILES string of the molecule is CCNC(=O)CN(C)CC(=O)N1CCNCC1.Cl. The van der Waals surface area contributed by atoms with Gasteiger partial charge in [-0.25, -0.2) is 0 Å². The third-order valence-corrected chi connectivity index (χ3v) is 2.66. The molecule has 1 heterocycles. The van der Waals surface area contributed by atoms with E-state index >= 15 is 0 Å². The van der Waals surface area contributed by atoms with Gasteiger partial charge in [-0.2, -0.15) is 0 Å². The maximum atomic E-state index is 11.9. The zero-order valence-electron chi connectivity index (χ0n) is 11.1. The summed E-state index contributed by atoms with van der Waals surface area (Å²) in [4.78, 5) is 26.8. The fraction of sp³-hybridized carbons (Fsp3) is 0.818. The van der Waals surface area contributed by atoms with Crippen LogP contribution in [0.25, 0.3) is 0 Å². The largest absolute Gasteiger partial charge is 0.355 e. The lowest BCUT2D eigenvalue weighted by Crippen LogP contribution is -2.50. The van der Waals surface area contributed by atoms with Gasteiger partial charge in [-0.3, -0.25) is 14.5 Å². The van der Waals surface area contributed by atoms with Crippen molar-refractivity contribution >= 4 is 24.2 Å². The second-order valence-corrected chi connectivity index (χ2v) is 4.26. The molecule has 0 aromatic heterocycles. The van der Waals surface area contributed by atoms with Crippen molar-refractivity contribution in [2.45, 2.75) is 6.92 Å². The van der Waals surface area contributed by atoms with Crippen molar-refractivity contribution < 1.29 is 9.59 Å². The van der Waals surface area contributed by atoms with E-state index in [1.807, 2.05) is 11.8 Å². The maximum absolute atomic E-state index is 11.9. The fourth-order valence-electron chi connectivity index (χ4n) is 1.80. The number of carbonyl (C=O) groups excluding carboxylic acids is 2. The van der Waals surface area contributed by atoms with Gasteiger partial charge in [-0.1, -0.05) is 0 Å². The van der Waals surface area contributed by atoms with Crippen LogP contribution < -0.4 is 10.6 Å². The van der Waals surface area contributed by atoms with Gasteiger partial charge in [-0.15, -0.1) is 12.4 Å². The van der Waals surface area contributed by atoms with Crippen LogP contribution in [0.2, 0.25) is 0 Å². The Morgan fingerprint density at radius 2 is 1.89 bits per heavy atom. The third kappa shape index (κ3) is 6.18. The average molecular weight is 279 g/mol. The van der Waals surface area contributed by atoms with Gasteiger partial charge in [0.15, 0.2) is 0 Å². The number of likely N-dealkylation sites (N-methyl/N-ethyl adjacent to an activating group) is 2. The Bertz CT molecular complexity index is 270. The summed E-state index contributed by atoms with van der Waals surface area (Å²) in [5, 5.41) is 5.91. The smallest absolute Gasteiger partial charge is 0.236 e. The van der Waals surface area contributed by atoms with E-state index in [2.05, 4.69) is 10.6 Å². The number of halogens is 1. The van der Waals surface area contributed by atoms with E-state index < -0.39 is 0 Å². The number of hydrogen-bond donors (Lipinski definition) is 2. The Hall–Kier alpha value is -0.850. The van der Waals surface area contributed by atoms with Crippen molar-refractivity contribution in [3.8, 4) is 0 Å². The molecule has 0 aromatic rings. The monoisotopic (exact) mass is 278 g/mol. The van der Waals surface area contributed by atoms with Gasteiger partial charge in [0.25, 0.3) is 0 Å². The maximum Gasteiger partial charge on any atom is 0.236 e. The third-order valence-electron chi connectivity index (χ3n) is 2.66. The highest BCUT2D eigenvalue weighted by Crippen LogP contribution is 1.95. The normalized spacial score (nSPS) is 15.2. The summed E-state index contributed by atoms with van der Waals surface area (Å²) in [6.07, 6.45) is 0. The lowest BCUT2D eigenvalue weighted by atomic mass is 10.3. The van der Waals surface area contributed by atoms with Crippen LogP contribution in [-0.4, -0.2) is 74.5 Å². The molecule has 0 aliphatic carbocycles. The summed E-state index contributed by atoms with van der Waals surface area (Å²) in [5.74, 6) is 0.0569. The Kier molecular flexibility index (Phi) is 8.70. The number of nitrogens with zero attached hydrogens (tertiary/aromatic N) is 2. The first-order valence-corrected chi connectivity index (χ1v) is 6.07. The molecule has 0 aromatic carbocycles. The standard InChI is InChI=1S/C11H22N4O2.ClH/c1-3-13-10(16)8-14(2)9-11(17)15-6-4-12-5-7-15;/h12H,3-9H2,1-2H3,(H,13,16);1H. The molecule has 0 atom stereocenters. The lowest BCUT2D eigenvalue weighted by Gasteiger charge is -2.29. The molecule has 0 saturated carbocycles. The second-order valence-electron chi connectivity index (χ2n) is 4.26. The minimum Gasteiger partial charge on any atom is -0.355 e. The van der Waals surface area contributed by atoms with Crippen LogP contribution in [0.5, 0.6) is 0 Å². The molecule has 2 N–H and O–H groups in total. The van der Waals surface area contributed by atoms with Crippen LogP contribution in [0.1, 0.15) is 6.92 Å². The summed E-state index contributed by atoms with van der Waals surface area (Å²) < 4.78 is 0. The van der Waals surface area contributed by atoms with Crippen LogP contribution in [0, 0.1) is 0 Å². The molecule has 1 aliphatic heterocycles. The highest BCUT2D eigenvalue weighted by Gasteiger charge is 2.18. The first kappa shape index (κ1) is 17.2. The Morgan fingerprint density at radius 3 is 2.44 bits per heavy atom. The van der Waals surface area contributed by atoms with Gasteiger partial charge < -0.3 is 15.5 Å². The molecule has 6 nitrogen and oxygen atoms in total. The summed E-state index contributed by atoms with van der Waals surface area (Å²) in [6, 6.07) is 0. The zero-order chi connectivity index (χ0) is 12.7. The van der Waals surface area contributed by atoms with Gasteiger partial charge in [0, 0.05) is 32.7 Å². The molecule has 0 radical (unpaired) electrons. The summed E-state index contributed by atoms with van der Waals surface area (Å²) in [7, 11) is 1.79. The fourth-order valence-corrected chi connectivity index (χ4v) is 1.80. The van der Waals surface area contributed by atoms with E-state index in [0.29, 0.717) is 13.1 Å². The molecule has 1 aliphatic rings. The highest BCUT2D eigenvalue weighted by molar-refractivity contribution is 5.85. The van der Waals surface area contributed by atoms with Crippen molar-refractivity contribution in [1.29, 1.82) is 0 Å². The zero-order valence-corrected chi connectivity index (χ0v) is 11.9. The minimum absolute atomic E-state index is 0. The van der Waals surface area contributed by atoms with Crippen molar-refractivity contribution in [2.24, 2.45) is 0 Å². The number of hydrogen-bond acceptors (Lipinski definition) is 4. The van der Waals surface area contributed by atoms with E-state index in [0.717, 1.165) is 26.2 Å². The summed E-state index contributed by atoms with van der Waals surface area (Å²) in [6.45, 7) is 6.30. The average Bonchev–Trinajstić information content (AvgIpc) is 2.30. The van der Waals surface area contributed by atoms with Gasteiger partial charge in [0.2, 0.25) is 11.8 Å². The van der Waals surface area contributed by atoms with E-state index in [4.69, 9.17) is 0 Å². The Balaban J connectivity index is 0.00000289. The van der Waals surface area contributed by atoms with Gasteiger partial charge >= 0.3 is 0 Å². The molecule has 7 heteroatoms. The first-order chi connectivity index (χ1) is 8.13. The topological polar surface area (TPSA) is 64.7 Å². The van der Waals surface area contributed by atoms with Crippen LogP contribution in [0.4, 0.5) is 0 Å². The van der Waals surface area contributed by atoms with Crippen molar-refractivity contribution in [3.63, 3.8) is 0 Å². The first-order valence-electron chi connectivity index (χ1n) is 6.07. The van der Waals surface area contributed by atoms with Crippen LogP contribution in [-0.2, 0) is 9.59 Å². The van der Waals surface area contributed by atoms with Crippen LogP contribution in [0.3, 0.4) is 0 Å². The number of rotatable bonds is 5. The summed E-state index contributed by atoms with van der Waals surface area (Å²) >= 11 is 0. The Labute approximate surface area is 114 Å². The van der Waals surface area contributed by atoms with E-state index in [-0.39, 0.29) is 30.8 Å². The second kappa shape index (κ2) is 9.13. The van der Waals surface area contributed by atoms with E-state index in [9.17, 15) is 9.59 Å². The number of carbonyl (C=O) groups is 2. The molecule has 0 unspecified atom stereocenters. The lowest BCUT2D eigenvalue weighted by molar-refractivity contribution is -0.133. The number of amides is 2. The van der Waals surface area contributed by atoms with Crippen LogP contribution in [0.15, 0.2) is 0 Å². The van der Waals surface area contributed by atoms with Gasteiger partial charge in [0.05, 0.1) is 13.1 Å². The quantitative estimate of drug-likeness (QED) is 0.671. The minimum atomic E-state index is -0.0388. The molecule has 2 amide bonds. The molecular weight excluding hydrogens is 256 g/mol. The molecule has 0 spiro atoms. The predicted molar refractivity (Wildman–Crippen MR) is 72.9 cm³/mol. The van der Waals surface area contributed by atoms with Crippen molar-refractivity contribution in [1.82, 2.24) is 20.4 Å². The van der Waals surface area contributed by atoms with Crippen molar-refractivity contribution in [2.75, 3.05) is 52.9 Å². The molecule has 0 bridgehead atoms. The van der Waals surface area contributed by atoms with Crippen molar-refractivity contribution in [3.05, 3.63) is 0 Å². The van der Waals surface area contributed by atoms with Gasteiger partial charge in [-0.05, 0) is 14.0 Å². The Morgan fingerprint density at radius 1 is 1.28 bits per heavy atom. The molecule has 18 heavy (non-hydrogen) atoms. The molecule has 106 valence electrons. The van der Waals surface area contributed by atoms with E-state index in [1.54, 1.807) is 11.9 Å². The van der Waals surface area contributed by atoms with Gasteiger partial charge in [0.1, 0.15) is 0 Å².